The quantitative estimate of drug-likeness (QED) is 0.0848. The van der Waals surface area contributed by atoms with Gasteiger partial charge in [0, 0.05) is 92.9 Å². The van der Waals surface area contributed by atoms with E-state index >= 15 is 0 Å². The van der Waals surface area contributed by atoms with Crippen molar-refractivity contribution in [2.24, 2.45) is 0 Å². The van der Waals surface area contributed by atoms with E-state index in [1.807, 2.05) is 95.8 Å². The first-order chi connectivity index (χ1) is 32.7. The summed E-state index contributed by atoms with van der Waals surface area (Å²) in [6, 6.07) is 11.9. The average Bonchev–Trinajstić information content (AvgIpc) is 3.86. The lowest BCUT2D eigenvalue weighted by molar-refractivity contribution is 0.406. The summed E-state index contributed by atoms with van der Waals surface area (Å²) < 4.78 is 37.7. The third-order valence-electron chi connectivity index (χ3n) is 12.1. The van der Waals surface area contributed by atoms with Crippen molar-refractivity contribution in [1.29, 1.82) is 0 Å². The van der Waals surface area contributed by atoms with Gasteiger partial charge in [0.1, 0.15) is 34.5 Å². The summed E-state index contributed by atoms with van der Waals surface area (Å²) >= 11 is 3.30. The van der Waals surface area contributed by atoms with Crippen molar-refractivity contribution in [3.8, 4) is 34.5 Å². The first-order valence-electron chi connectivity index (χ1n) is 22.1. The van der Waals surface area contributed by atoms with Crippen molar-refractivity contribution in [1.82, 2.24) is 39.0 Å². The zero-order valence-electron chi connectivity index (χ0n) is 41.4. The van der Waals surface area contributed by atoms with Gasteiger partial charge in [-0.25, -0.2) is 9.97 Å². The molecule has 0 aliphatic heterocycles. The molecular weight excluding hydrogens is 897 g/mol. The number of rotatable bonds is 16. The van der Waals surface area contributed by atoms with Crippen LogP contribution in [0.4, 0.5) is 0 Å². The van der Waals surface area contributed by atoms with Crippen LogP contribution >= 0.6 is 23.5 Å². The predicted molar refractivity (Wildman–Crippen MR) is 271 cm³/mol. The van der Waals surface area contributed by atoms with Crippen LogP contribution in [0.1, 0.15) is 67.3 Å². The molecule has 356 valence electrons. The Labute approximate surface area is 407 Å². The van der Waals surface area contributed by atoms with Gasteiger partial charge in [0.2, 0.25) is 0 Å². The van der Waals surface area contributed by atoms with Gasteiger partial charge in [0.25, 0.3) is 0 Å². The molecule has 0 aliphatic carbocycles. The van der Waals surface area contributed by atoms with Gasteiger partial charge in [-0.2, -0.15) is 0 Å². The molecule has 0 fully saturated rings. The summed E-state index contributed by atoms with van der Waals surface area (Å²) in [6.07, 6.45) is 7.45. The molecule has 0 aliphatic rings. The summed E-state index contributed by atoms with van der Waals surface area (Å²) in [6.45, 7) is 17.4. The molecular formula is C52H60N8O6S2. The molecule has 0 spiro atoms. The lowest BCUT2D eigenvalue weighted by atomic mass is 10.1. The van der Waals surface area contributed by atoms with Gasteiger partial charge in [-0.05, 0) is 79.7 Å². The van der Waals surface area contributed by atoms with Gasteiger partial charge in [0.15, 0.2) is 10.3 Å². The van der Waals surface area contributed by atoms with Crippen LogP contribution in [-0.2, 0) is 24.6 Å². The molecule has 14 nitrogen and oxygen atoms in total. The standard InChI is InChI=1S/2C26H30N4O3S/c1-15-11-27-21(17(3)24(15)32-6)13-30-23-9-8-19(31-5)10-20(23)29-26(30)34-14-22-18(4)25(33-7)16(2)12-28-22;1-15-11-27-21(17(3)24(15)32-6)13-30-23-10-19(31-5)8-9-20(23)29-26(30)34-14-22-18(4)25(33-7)16(2)12-28-22/h2*8-12H,13-14H2,1-7H3. The number of aryl methyl sites for hydroxylation is 4. The molecule has 0 N–H and O–H groups in total. The maximum absolute atomic E-state index is 5.63. The predicted octanol–water partition coefficient (Wildman–Crippen LogP) is 10.9. The Morgan fingerprint density at radius 2 is 0.779 bits per heavy atom. The van der Waals surface area contributed by atoms with E-state index < -0.39 is 0 Å². The second kappa shape index (κ2) is 21.6. The number of thioether (sulfide) groups is 2. The highest BCUT2D eigenvalue weighted by Gasteiger charge is 2.20. The van der Waals surface area contributed by atoms with E-state index in [9.17, 15) is 0 Å². The van der Waals surface area contributed by atoms with Crippen molar-refractivity contribution in [2.75, 3.05) is 42.7 Å². The molecule has 0 amide bonds. The highest BCUT2D eigenvalue weighted by molar-refractivity contribution is 7.98. The van der Waals surface area contributed by atoms with Crippen LogP contribution in [0.5, 0.6) is 34.5 Å². The highest BCUT2D eigenvalue weighted by atomic mass is 32.2. The van der Waals surface area contributed by atoms with E-state index in [2.05, 4.69) is 39.9 Å². The first-order valence-corrected chi connectivity index (χ1v) is 24.0. The van der Waals surface area contributed by atoms with Crippen molar-refractivity contribution >= 4 is 45.6 Å². The zero-order chi connectivity index (χ0) is 48.8. The van der Waals surface area contributed by atoms with E-state index in [4.69, 9.17) is 48.4 Å². The molecule has 0 radical (unpaired) electrons. The summed E-state index contributed by atoms with van der Waals surface area (Å²) in [4.78, 5) is 28.6. The van der Waals surface area contributed by atoms with E-state index in [1.54, 1.807) is 66.2 Å². The minimum atomic E-state index is 0.568. The number of pyridine rings is 4. The number of hydrogen-bond donors (Lipinski definition) is 0. The SMILES string of the molecule is COc1ccc2c(c1)nc(SCc1ncc(C)c(OC)c1C)n2Cc1ncc(C)c(OC)c1C.COc1ccc2nc(SCc3ncc(C)c(OC)c3C)n(Cc3ncc(C)c(OC)c3C)c2c1. The van der Waals surface area contributed by atoms with Crippen LogP contribution in [-0.4, -0.2) is 81.7 Å². The van der Waals surface area contributed by atoms with Crippen molar-refractivity contribution in [3.63, 3.8) is 0 Å². The topological polar surface area (TPSA) is 143 Å². The Kier molecular flexibility index (Phi) is 15.7. The Morgan fingerprint density at radius 1 is 0.412 bits per heavy atom. The minimum absolute atomic E-state index is 0.568. The third-order valence-corrected chi connectivity index (χ3v) is 14.1. The molecule has 0 saturated carbocycles. The minimum Gasteiger partial charge on any atom is -0.497 e. The maximum atomic E-state index is 5.63. The Hall–Kier alpha value is -6.52. The van der Waals surface area contributed by atoms with Gasteiger partial charge in [-0.3, -0.25) is 19.9 Å². The van der Waals surface area contributed by atoms with Crippen LogP contribution in [0.25, 0.3) is 22.1 Å². The number of ether oxygens (including phenoxy) is 6. The molecule has 0 atom stereocenters. The van der Waals surface area contributed by atoms with Gasteiger partial charge < -0.3 is 37.6 Å². The number of nitrogens with zero attached hydrogens (tertiary/aromatic N) is 8. The lowest BCUT2D eigenvalue weighted by Gasteiger charge is -2.15. The molecule has 68 heavy (non-hydrogen) atoms. The van der Waals surface area contributed by atoms with E-state index in [0.717, 1.165) is 134 Å². The van der Waals surface area contributed by atoms with Crippen molar-refractivity contribution < 1.29 is 28.4 Å². The summed E-state index contributed by atoms with van der Waals surface area (Å²) in [5.74, 6) is 6.42. The fourth-order valence-corrected chi connectivity index (χ4v) is 10.5. The van der Waals surface area contributed by atoms with Gasteiger partial charge in [-0.15, -0.1) is 0 Å². The second-order valence-electron chi connectivity index (χ2n) is 16.4. The molecule has 0 bridgehead atoms. The second-order valence-corrected chi connectivity index (χ2v) is 18.3. The molecule has 6 heterocycles. The number of fused-ring (bicyclic) bond motifs is 2. The summed E-state index contributed by atoms with van der Waals surface area (Å²) in [5.41, 5.74) is 15.9. The van der Waals surface area contributed by atoms with E-state index in [1.165, 1.54) is 0 Å². The van der Waals surface area contributed by atoms with Crippen LogP contribution < -0.4 is 28.4 Å². The number of aromatic nitrogens is 8. The summed E-state index contributed by atoms with van der Waals surface area (Å²) in [7, 11) is 10.1. The molecule has 8 rings (SSSR count). The Morgan fingerprint density at radius 3 is 1.21 bits per heavy atom. The van der Waals surface area contributed by atoms with E-state index in [0.29, 0.717) is 24.6 Å². The van der Waals surface area contributed by atoms with Gasteiger partial charge in [0.05, 0.1) is 101 Å². The normalized spacial score (nSPS) is 11.1. The van der Waals surface area contributed by atoms with Crippen LogP contribution in [0.3, 0.4) is 0 Å². The Bertz CT molecular complexity index is 3050. The maximum Gasteiger partial charge on any atom is 0.169 e. The Balaban J connectivity index is 0.000000201. The number of benzene rings is 2. The molecule has 16 heteroatoms. The largest absolute Gasteiger partial charge is 0.497 e. The van der Waals surface area contributed by atoms with Gasteiger partial charge >= 0.3 is 0 Å². The van der Waals surface area contributed by atoms with Crippen LogP contribution in [0.2, 0.25) is 0 Å². The fraction of sp³-hybridized carbons (Fsp3) is 0.346. The number of methoxy groups -OCH3 is 6. The molecule has 6 aromatic heterocycles. The van der Waals surface area contributed by atoms with Crippen LogP contribution in [0.15, 0.2) is 71.5 Å². The molecule has 8 aromatic rings. The fourth-order valence-electron chi connectivity index (χ4n) is 8.41. The monoisotopic (exact) mass is 956 g/mol. The number of hydrogen-bond acceptors (Lipinski definition) is 14. The lowest BCUT2D eigenvalue weighted by Crippen LogP contribution is -2.07. The van der Waals surface area contributed by atoms with E-state index in [-0.39, 0.29) is 0 Å². The van der Waals surface area contributed by atoms with Crippen LogP contribution in [0, 0.1) is 55.4 Å². The molecule has 0 saturated heterocycles. The smallest absolute Gasteiger partial charge is 0.169 e. The highest BCUT2D eigenvalue weighted by Crippen LogP contribution is 2.36. The summed E-state index contributed by atoms with van der Waals surface area (Å²) in [5, 5.41) is 1.79. The van der Waals surface area contributed by atoms with Crippen molar-refractivity contribution in [2.45, 2.75) is 90.3 Å². The third kappa shape index (κ3) is 10.2. The molecule has 2 aromatic carbocycles. The molecule has 0 unspecified atom stereocenters. The number of imidazole rings is 2. The zero-order valence-corrected chi connectivity index (χ0v) is 43.1. The van der Waals surface area contributed by atoms with Crippen molar-refractivity contribution in [3.05, 3.63) is 128 Å². The first kappa shape index (κ1) is 49.4. The average molecular weight is 957 g/mol. The van der Waals surface area contributed by atoms with Gasteiger partial charge in [-0.1, -0.05) is 23.5 Å².